The standard InChI is InChI=1S/C9H15BrN4O2/c1-13-3-4-16-6(5-13)8(15)7-9(10)11-12-14(7)2/h6,8,15H,3-5H2,1-2H3. The number of aliphatic hydroxyl groups excluding tert-OH is 1. The summed E-state index contributed by atoms with van der Waals surface area (Å²) in [5.41, 5.74) is 0.653. The van der Waals surface area contributed by atoms with Crippen LogP contribution in [0.3, 0.4) is 0 Å². The van der Waals surface area contributed by atoms with Crippen LogP contribution in [-0.4, -0.2) is 57.8 Å². The zero-order valence-corrected chi connectivity index (χ0v) is 10.9. The van der Waals surface area contributed by atoms with Gasteiger partial charge in [0.15, 0.2) is 4.60 Å². The second-order valence-electron chi connectivity index (χ2n) is 4.01. The molecule has 0 bridgehead atoms. The van der Waals surface area contributed by atoms with Crippen LogP contribution >= 0.6 is 15.9 Å². The first-order valence-corrected chi connectivity index (χ1v) is 5.92. The summed E-state index contributed by atoms with van der Waals surface area (Å²) in [6.07, 6.45) is -0.940. The summed E-state index contributed by atoms with van der Waals surface area (Å²) in [7, 11) is 3.77. The van der Waals surface area contributed by atoms with Crippen molar-refractivity contribution >= 4 is 15.9 Å². The highest BCUT2D eigenvalue weighted by atomic mass is 79.9. The Morgan fingerprint density at radius 2 is 2.31 bits per heavy atom. The molecule has 0 saturated carbocycles. The molecule has 0 radical (unpaired) electrons. The summed E-state index contributed by atoms with van der Waals surface area (Å²) in [5.74, 6) is 0. The van der Waals surface area contributed by atoms with Crippen LogP contribution in [0.1, 0.15) is 11.8 Å². The van der Waals surface area contributed by atoms with Crippen molar-refractivity contribution in [2.24, 2.45) is 7.05 Å². The highest BCUT2D eigenvalue weighted by molar-refractivity contribution is 9.10. The first kappa shape index (κ1) is 12.0. The minimum absolute atomic E-state index is 0.229. The van der Waals surface area contributed by atoms with Crippen LogP contribution in [0.5, 0.6) is 0 Å². The van der Waals surface area contributed by atoms with Gasteiger partial charge < -0.3 is 14.7 Å². The van der Waals surface area contributed by atoms with Crippen molar-refractivity contribution in [1.29, 1.82) is 0 Å². The molecule has 7 heteroatoms. The number of aromatic nitrogens is 3. The average molecular weight is 291 g/mol. The van der Waals surface area contributed by atoms with Crippen molar-refractivity contribution in [1.82, 2.24) is 19.9 Å². The van der Waals surface area contributed by atoms with E-state index in [4.69, 9.17) is 4.74 Å². The summed E-state index contributed by atoms with van der Waals surface area (Å²) < 4.78 is 7.69. The molecule has 2 heterocycles. The Kier molecular flexibility index (Phi) is 3.58. The number of rotatable bonds is 2. The molecule has 1 aromatic heterocycles. The molecule has 0 aromatic carbocycles. The second kappa shape index (κ2) is 4.79. The minimum atomic E-state index is -0.711. The Morgan fingerprint density at radius 1 is 1.56 bits per heavy atom. The highest BCUT2D eigenvalue weighted by Crippen LogP contribution is 2.26. The lowest BCUT2D eigenvalue weighted by molar-refractivity contribution is -0.0869. The van der Waals surface area contributed by atoms with E-state index in [0.29, 0.717) is 23.4 Å². The fourth-order valence-corrected chi connectivity index (χ4v) is 2.39. The predicted octanol–water partition coefficient (Wildman–Crippen LogP) is -0.0584. The van der Waals surface area contributed by atoms with Gasteiger partial charge in [-0.2, -0.15) is 0 Å². The summed E-state index contributed by atoms with van der Waals surface area (Å²) in [6, 6.07) is 0. The van der Waals surface area contributed by atoms with Gasteiger partial charge in [-0.05, 0) is 23.0 Å². The Bertz CT molecular complexity index is 351. The smallest absolute Gasteiger partial charge is 0.154 e. The van der Waals surface area contributed by atoms with E-state index in [1.165, 1.54) is 0 Å². The van der Waals surface area contributed by atoms with Gasteiger partial charge in [-0.3, -0.25) is 0 Å². The van der Waals surface area contributed by atoms with Crippen LogP contribution in [0.25, 0.3) is 0 Å². The zero-order chi connectivity index (χ0) is 11.7. The van der Waals surface area contributed by atoms with Gasteiger partial charge >= 0.3 is 0 Å². The summed E-state index contributed by atoms with van der Waals surface area (Å²) in [6.45, 7) is 2.24. The Morgan fingerprint density at radius 3 is 2.88 bits per heavy atom. The van der Waals surface area contributed by atoms with E-state index >= 15 is 0 Å². The summed E-state index contributed by atoms with van der Waals surface area (Å²) in [5, 5.41) is 17.9. The van der Waals surface area contributed by atoms with Gasteiger partial charge in [0.2, 0.25) is 0 Å². The minimum Gasteiger partial charge on any atom is -0.384 e. The topological polar surface area (TPSA) is 63.4 Å². The maximum absolute atomic E-state index is 10.2. The van der Waals surface area contributed by atoms with Crippen LogP contribution < -0.4 is 0 Å². The van der Waals surface area contributed by atoms with E-state index in [1.807, 2.05) is 7.05 Å². The summed E-state index contributed by atoms with van der Waals surface area (Å²) in [4.78, 5) is 2.13. The molecule has 2 unspecified atom stereocenters. The number of nitrogens with zero attached hydrogens (tertiary/aromatic N) is 4. The molecule has 1 aliphatic heterocycles. The van der Waals surface area contributed by atoms with Gasteiger partial charge in [0.05, 0.1) is 6.61 Å². The Labute approximate surface area is 102 Å². The lowest BCUT2D eigenvalue weighted by Crippen LogP contribution is -2.43. The van der Waals surface area contributed by atoms with E-state index in [1.54, 1.807) is 11.7 Å². The molecule has 16 heavy (non-hydrogen) atoms. The normalized spacial score (nSPS) is 24.6. The van der Waals surface area contributed by atoms with E-state index < -0.39 is 6.10 Å². The number of aryl methyl sites for hydroxylation is 1. The Hall–Kier alpha value is -0.500. The molecule has 1 aliphatic rings. The SMILES string of the molecule is CN1CCOC(C(O)c2c(Br)nnn2C)C1. The van der Waals surface area contributed by atoms with Crippen molar-refractivity contribution in [2.75, 3.05) is 26.7 Å². The molecule has 0 amide bonds. The second-order valence-corrected chi connectivity index (χ2v) is 4.76. The number of halogens is 1. The maximum Gasteiger partial charge on any atom is 0.154 e. The molecule has 1 N–H and O–H groups in total. The molecule has 1 fully saturated rings. The lowest BCUT2D eigenvalue weighted by Gasteiger charge is -2.32. The van der Waals surface area contributed by atoms with Crippen molar-refractivity contribution in [2.45, 2.75) is 12.2 Å². The van der Waals surface area contributed by atoms with Gasteiger partial charge in [0.1, 0.15) is 17.9 Å². The van der Waals surface area contributed by atoms with E-state index in [-0.39, 0.29) is 6.10 Å². The van der Waals surface area contributed by atoms with Crippen LogP contribution in [0.15, 0.2) is 4.60 Å². The van der Waals surface area contributed by atoms with Crippen molar-refractivity contribution in [3.05, 3.63) is 10.3 Å². The van der Waals surface area contributed by atoms with Gasteiger partial charge in [0.25, 0.3) is 0 Å². The third-order valence-corrected chi connectivity index (χ3v) is 3.32. The van der Waals surface area contributed by atoms with Crippen LogP contribution in [-0.2, 0) is 11.8 Å². The molecule has 2 atom stereocenters. The number of aliphatic hydroxyl groups is 1. The molecule has 90 valence electrons. The zero-order valence-electron chi connectivity index (χ0n) is 9.30. The highest BCUT2D eigenvalue weighted by Gasteiger charge is 2.30. The molecule has 2 rings (SSSR count). The number of morpholine rings is 1. The number of ether oxygens (including phenoxy) is 1. The van der Waals surface area contributed by atoms with E-state index in [9.17, 15) is 5.11 Å². The van der Waals surface area contributed by atoms with Crippen molar-refractivity contribution < 1.29 is 9.84 Å². The third-order valence-electron chi connectivity index (χ3n) is 2.76. The molecule has 6 nitrogen and oxygen atoms in total. The Balaban J connectivity index is 2.15. The first-order valence-electron chi connectivity index (χ1n) is 5.13. The number of hydrogen-bond acceptors (Lipinski definition) is 5. The van der Waals surface area contributed by atoms with Crippen molar-refractivity contribution in [3.63, 3.8) is 0 Å². The van der Waals surface area contributed by atoms with Crippen LogP contribution in [0.4, 0.5) is 0 Å². The maximum atomic E-state index is 10.2. The molecule has 0 aliphatic carbocycles. The largest absolute Gasteiger partial charge is 0.384 e. The lowest BCUT2D eigenvalue weighted by atomic mass is 10.1. The van der Waals surface area contributed by atoms with Gasteiger partial charge in [0, 0.05) is 20.1 Å². The van der Waals surface area contributed by atoms with Crippen LogP contribution in [0, 0.1) is 0 Å². The van der Waals surface area contributed by atoms with Gasteiger partial charge in [-0.15, -0.1) is 5.10 Å². The molecule has 1 saturated heterocycles. The van der Waals surface area contributed by atoms with Crippen LogP contribution in [0.2, 0.25) is 0 Å². The number of likely N-dealkylation sites (N-methyl/N-ethyl adjacent to an activating group) is 1. The average Bonchev–Trinajstić information content (AvgIpc) is 2.58. The number of hydrogen-bond donors (Lipinski definition) is 1. The monoisotopic (exact) mass is 290 g/mol. The quantitative estimate of drug-likeness (QED) is 0.827. The first-order chi connectivity index (χ1) is 7.59. The van der Waals surface area contributed by atoms with E-state index in [0.717, 1.165) is 6.54 Å². The van der Waals surface area contributed by atoms with Crippen molar-refractivity contribution in [3.8, 4) is 0 Å². The van der Waals surface area contributed by atoms with Gasteiger partial charge in [-0.1, -0.05) is 5.21 Å². The fourth-order valence-electron chi connectivity index (χ4n) is 1.83. The molecular formula is C9H15BrN4O2. The predicted molar refractivity (Wildman–Crippen MR) is 60.9 cm³/mol. The third kappa shape index (κ3) is 2.27. The summed E-state index contributed by atoms with van der Waals surface area (Å²) >= 11 is 3.28. The molecule has 0 spiro atoms. The molecular weight excluding hydrogens is 276 g/mol. The van der Waals surface area contributed by atoms with E-state index in [2.05, 4.69) is 31.1 Å². The van der Waals surface area contributed by atoms with Gasteiger partial charge in [-0.25, -0.2) is 4.68 Å². The molecule has 1 aromatic rings. The fraction of sp³-hybridized carbons (Fsp3) is 0.778.